The molecule has 2 saturated heterocycles. The Labute approximate surface area is 215 Å². The van der Waals surface area contributed by atoms with Crippen LogP contribution in [0.25, 0.3) is 0 Å². The number of nitrogens with zero attached hydrogens (tertiary/aromatic N) is 1. The van der Waals surface area contributed by atoms with E-state index in [1.54, 1.807) is 0 Å². The molecule has 5 atom stereocenters. The number of Topliss-reactive ketones (excluding diaryl/α,β-unsaturated/α-hetero) is 1. The molecule has 0 aromatic rings. The van der Waals surface area contributed by atoms with Gasteiger partial charge in [-0.15, -0.1) is 13.2 Å². The molecule has 0 spiro atoms. The van der Waals surface area contributed by atoms with Gasteiger partial charge in [0, 0.05) is 19.0 Å². The molecule has 0 radical (unpaired) electrons. The SMILES string of the molecule is CC(C)(NC(=O)C(=O)N1C[C@@H]2CCC[C@@H]2C1C(=O)N[C@@H](C[C@@H]1CCNC1=O)C(=O)COC(F)(F)F)C(F)F. The number of ether oxygens (including phenoxy) is 1. The average molecular weight is 555 g/mol. The van der Waals surface area contributed by atoms with Gasteiger partial charge in [-0.05, 0) is 51.4 Å². The van der Waals surface area contributed by atoms with Crippen molar-refractivity contribution in [2.45, 2.75) is 76.4 Å². The summed E-state index contributed by atoms with van der Waals surface area (Å²) in [5.74, 6) is -6.24. The molecule has 4 amide bonds. The van der Waals surface area contributed by atoms with Crippen LogP contribution in [0.1, 0.15) is 46.0 Å². The highest BCUT2D eigenvalue weighted by atomic mass is 19.4. The van der Waals surface area contributed by atoms with Gasteiger partial charge in [0.2, 0.25) is 11.8 Å². The molecular weight excluding hydrogens is 523 g/mol. The Balaban J connectivity index is 1.79. The maximum atomic E-state index is 13.4. The molecule has 1 aliphatic carbocycles. The molecule has 3 fully saturated rings. The minimum atomic E-state index is -5.10. The van der Waals surface area contributed by atoms with E-state index >= 15 is 0 Å². The number of ketones is 1. The molecule has 214 valence electrons. The summed E-state index contributed by atoms with van der Waals surface area (Å²) >= 11 is 0. The monoisotopic (exact) mass is 554 g/mol. The van der Waals surface area contributed by atoms with Gasteiger partial charge in [-0.3, -0.25) is 28.7 Å². The number of carbonyl (C=O) groups excluding carboxylic acids is 5. The fourth-order valence-electron chi connectivity index (χ4n) is 5.32. The van der Waals surface area contributed by atoms with Gasteiger partial charge in [-0.1, -0.05) is 6.42 Å². The van der Waals surface area contributed by atoms with Crippen LogP contribution in [0.5, 0.6) is 0 Å². The van der Waals surface area contributed by atoms with E-state index in [4.69, 9.17) is 0 Å². The highest BCUT2D eigenvalue weighted by molar-refractivity contribution is 6.35. The van der Waals surface area contributed by atoms with E-state index in [9.17, 15) is 45.9 Å². The standard InChI is InChI=1S/C23H31F5N4O6/c1-22(2,21(24)25)31-19(36)20(37)32-9-12-4-3-5-13(12)16(32)18(35)30-14(8-11-6-7-29-17(11)34)15(33)10-38-23(26,27)28/h11-14,16,21H,3-10H2,1-2H3,(H,29,34)(H,30,35)(H,31,36)/t11-,12-,13-,14-,16?/m0/s1. The smallest absolute Gasteiger partial charge is 0.356 e. The molecule has 1 saturated carbocycles. The van der Waals surface area contributed by atoms with Crippen molar-refractivity contribution in [3.63, 3.8) is 0 Å². The van der Waals surface area contributed by atoms with Crippen molar-refractivity contribution in [3.8, 4) is 0 Å². The minimum absolute atomic E-state index is 0.00490. The Morgan fingerprint density at radius 3 is 2.39 bits per heavy atom. The van der Waals surface area contributed by atoms with Gasteiger partial charge in [0.1, 0.15) is 12.6 Å². The second-order valence-corrected chi connectivity index (χ2v) is 10.5. The van der Waals surface area contributed by atoms with Gasteiger partial charge in [0.05, 0.1) is 11.6 Å². The zero-order valence-corrected chi connectivity index (χ0v) is 20.9. The number of halogens is 5. The maximum Gasteiger partial charge on any atom is 0.522 e. The molecule has 0 aromatic carbocycles. The fraction of sp³-hybridized carbons (Fsp3) is 0.783. The first-order chi connectivity index (χ1) is 17.6. The molecule has 0 bridgehead atoms. The van der Waals surface area contributed by atoms with Gasteiger partial charge >= 0.3 is 18.2 Å². The van der Waals surface area contributed by atoms with E-state index in [1.807, 2.05) is 5.32 Å². The molecule has 38 heavy (non-hydrogen) atoms. The predicted molar refractivity (Wildman–Crippen MR) is 119 cm³/mol. The molecule has 0 aromatic heterocycles. The molecule has 3 aliphatic rings. The van der Waals surface area contributed by atoms with Crippen molar-refractivity contribution >= 4 is 29.4 Å². The first kappa shape index (κ1) is 29.7. The highest BCUT2D eigenvalue weighted by Crippen LogP contribution is 2.42. The Bertz CT molecular complexity index is 959. The van der Waals surface area contributed by atoms with E-state index < -0.39 is 78.3 Å². The molecule has 10 nitrogen and oxygen atoms in total. The van der Waals surface area contributed by atoms with E-state index in [0.29, 0.717) is 25.8 Å². The van der Waals surface area contributed by atoms with Crippen molar-refractivity contribution < 1.29 is 50.7 Å². The summed E-state index contributed by atoms with van der Waals surface area (Å²) in [6.07, 6.45) is -6.16. The van der Waals surface area contributed by atoms with E-state index in [1.165, 1.54) is 0 Å². The van der Waals surface area contributed by atoms with Crippen LogP contribution in [-0.2, 0) is 28.7 Å². The summed E-state index contributed by atoms with van der Waals surface area (Å²) in [7, 11) is 0. The van der Waals surface area contributed by atoms with Gasteiger partial charge in [-0.25, -0.2) is 8.78 Å². The van der Waals surface area contributed by atoms with Crippen molar-refractivity contribution in [2.24, 2.45) is 17.8 Å². The quantitative estimate of drug-likeness (QED) is 0.286. The maximum absolute atomic E-state index is 13.4. The van der Waals surface area contributed by atoms with E-state index in [2.05, 4.69) is 15.4 Å². The number of hydrogen-bond donors (Lipinski definition) is 3. The number of fused-ring (bicyclic) bond motifs is 1. The number of likely N-dealkylation sites (tertiary alicyclic amines) is 1. The van der Waals surface area contributed by atoms with Crippen LogP contribution in [0.3, 0.4) is 0 Å². The Morgan fingerprint density at radius 2 is 1.82 bits per heavy atom. The summed E-state index contributed by atoms with van der Waals surface area (Å²) < 4.78 is 67.6. The summed E-state index contributed by atoms with van der Waals surface area (Å²) in [4.78, 5) is 64.5. The van der Waals surface area contributed by atoms with Crippen molar-refractivity contribution in [3.05, 3.63) is 0 Å². The Kier molecular flexibility index (Phi) is 8.99. The van der Waals surface area contributed by atoms with Crippen LogP contribution in [0.4, 0.5) is 22.0 Å². The normalized spacial score (nSPS) is 26.2. The van der Waals surface area contributed by atoms with Crippen LogP contribution in [0, 0.1) is 17.8 Å². The van der Waals surface area contributed by atoms with Crippen LogP contribution in [-0.4, -0.2) is 84.4 Å². The van der Waals surface area contributed by atoms with Gasteiger partial charge < -0.3 is 20.9 Å². The number of rotatable bonds is 9. The third kappa shape index (κ3) is 6.97. The number of hydrogen-bond acceptors (Lipinski definition) is 6. The topological polar surface area (TPSA) is 134 Å². The Hall–Kier alpha value is -2.84. The zero-order chi connectivity index (χ0) is 28.4. The minimum Gasteiger partial charge on any atom is -0.356 e. The van der Waals surface area contributed by atoms with E-state index in [0.717, 1.165) is 25.2 Å². The number of alkyl halides is 5. The molecule has 1 unspecified atom stereocenters. The lowest BCUT2D eigenvalue weighted by Crippen LogP contribution is -2.58. The first-order valence-corrected chi connectivity index (χ1v) is 12.3. The summed E-state index contributed by atoms with van der Waals surface area (Å²) in [6.45, 7) is 0.975. The lowest BCUT2D eigenvalue weighted by molar-refractivity contribution is -0.321. The molecule has 2 heterocycles. The van der Waals surface area contributed by atoms with Crippen LogP contribution in [0.2, 0.25) is 0 Å². The molecule has 3 rings (SSSR count). The average Bonchev–Trinajstić information content (AvgIpc) is 3.51. The largest absolute Gasteiger partial charge is 0.522 e. The summed E-state index contributed by atoms with van der Waals surface area (Å²) in [6, 6.07) is -2.77. The van der Waals surface area contributed by atoms with Crippen LogP contribution >= 0.6 is 0 Å². The second-order valence-electron chi connectivity index (χ2n) is 10.5. The number of carbonyl (C=O) groups is 5. The van der Waals surface area contributed by atoms with Crippen LogP contribution < -0.4 is 16.0 Å². The second kappa shape index (κ2) is 11.5. The third-order valence-electron chi connectivity index (χ3n) is 7.36. The molecule has 3 N–H and O–H groups in total. The molecular formula is C23H31F5N4O6. The lowest BCUT2D eigenvalue weighted by Gasteiger charge is -2.30. The van der Waals surface area contributed by atoms with Gasteiger partial charge in [0.15, 0.2) is 5.78 Å². The number of nitrogens with one attached hydrogen (secondary N) is 3. The van der Waals surface area contributed by atoms with Crippen LogP contribution in [0.15, 0.2) is 0 Å². The predicted octanol–water partition coefficient (Wildman–Crippen LogP) is 0.890. The molecule has 2 aliphatic heterocycles. The number of amides is 4. The third-order valence-corrected chi connectivity index (χ3v) is 7.36. The van der Waals surface area contributed by atoms with Crippen molar-refractivity contribution in [2.75, 3.05) is 19.7 Å². The first-order valence-electron chi connectivity index (χ1n) is 12.3. The van der Waals surface area contributed by atoms with Crippen molar-refractivity contribution in [1.29, 1.82) is 0 Å². The highest BCUT2D eigenvalue weighted by Gasteiger charge is 2.51. The van der Waals surface area contributed by atoms with Gasteiger partial charge in [-0.2, -0.15) is 0 Å². The lowest BCUT2D eigenvalue weighted by atomic mass is 9.92. The molecule has 15 heteroatoms. The zero-order valence-electron chi connectivity index (χ0n) is 20.9. The van der Waals surface area contributed by atoms with Gasteiger partial charge in [0.25, 0.3) is 6.43 Å². The van der Waals surface area contributed by atoms with Crippen molar-refractivity contribution in [1.82, 2.24) is 20.9 Å². The van der Waals surface area contributed by atoms with E-state index in [-0.39, 0.29) is 18.9 Å². The Morgan fingerprint density at radius 1 is 1.13 bits per heavy atom. The summed E-state index contributed by atoms with van der Waals surface area (Å²) in [5, 5.41) is 6.90. The fourth-order valence-corrected chi connectivity index (χ4v) is 5.32. The summed E-state index contributed by atoms with van der Waals surface area (Å²) in [5.41, 5.74) is -2.02.